The van der Waals surface area contributed by atoms with E-state index in [-0.39, 0.29) is 11.5 Å². The molecule has 6 nitrogen and oxygen atoms in total. The number of para-hydroxylation sites is 1. The van der Waals surface area contributed by atoms with Crippen LogP contribution in [-0.4, -0.2) is 40.6 Å². The Morgan fingerprint density at radius 2 is 1.71 bits per heavy atom. The predicted molar refractivity (Wildman–Crippen MR) is 168 cm³/mol. The summed E-state index contributed by atoms with van der Waals surface area (Å²) in [6.07, 6.45) is 4.07. The number of pyridine rings is 1. The second-order valence-electron chi connectivity index (χ2n) is 10.4. The smallest absolute Gasteiger partial charge is 0.265 e. The monoisotopic (exact) mass is 589 g/mol. The Bertz CT molecular complexity index is 1580. The summed E-state index contributed by atoms with van der Waals surface area (Å²) in [7, 11) is 1.62. The SMILES string of the molecule is CCc1cccc(CC)c1-n1c(C(C)OC)c(C(=O)N2CCCCC2)cc(-c2nc(-c3ccc(Cl)cc3)cs2)c1=O. The Hall–Kier alpha value is -3.26. The Morgan fingerprint density at radius 1 is 1.05 bits per heavy atom. The number of hydrogen-bond donors (Lipinski definition) is 0. The van der Waals surface area contributed by atoms with E-state index in [2.05, 4.69) is 26.0 Å². The van der Waals surface area contributed by atoms with E-state index in [4.69, 9.17) is 21.3 Å². The highest BCUT2D eigenvalue weighted by Gasteiger charge is 2.30. The molecule has 1 unspecified atom stereocenters. The molecule has 0 aliphatic carbocycles. The molecule has 1 aliphatic rings. The fourth-order valence-electron chi connectivity index (χ4n) is 5.61. The molecule has 214 valence electrons. The Balaban J connectivity index is 1.81. The summed E-state index contributed by atoms with van der Waals surface area (Å²) in [5, 5.41) is 3.17. The fourth-order valence-corrected chi connectivity index (χ4v) is 6.57. The number of halogens is 1. The quantitative estimate of drug-likeness (QED) is 0.211. The molecule has 2 aromatic carbocycles. The highest BCUT2D eigenvalue weighted by molar-refractivity contribution is 7.13. The largest absolute Gasteiger partial charge is 0.375 e. The van der Waals surface area contributed by atoms with Gasteiger partial charge in [0.2, 0.25) is 0 Å². The number of amides is 1. The van der Waals surface area contributed by atoms with Crippen LogP contribution in [0.1, 0.15) is 73.3 Å². The van der Waals surface area contributed by atoms with Crippen molar-refractivity contribution in [1.82, 2.24) is 14.5 Å². The van der Waals surface area contributed by atoms with Gasteiger partial charge in [-0.05, 0) is 68.4 Å². The zero-order chi connectivity index (χ0) is 29.1. The number of hydrogen-bond acceptors (Lipinski definition) is 5. The first-order valence-electron chi connectivity index (χ1n) is 14.3. The van der Waals surface area contributed by atoms with Gasteiger partial charge in [-0.1, -0.05) is 55.8 Å². The summed E-state index contributed by atoms with van der Waals surface area (Å²) in [4.78, 5) is 35.6. The second kappa shape index (κ2) is 12.7. The van der Waals surface area contributed by atoms with Crippen molar-refractivity contribution in [3.05, 3.63) is 91.7 Å². The number of likely N-dealkylation sites (tertiary alicyclic amines) is 1. The zero-order valence-corrected chi connectivity index (χ0v) is 25.6. The molecule has 1 amide bonds. The van der Waals surface area contributed by atoms with E-state index in [0.29, 0.717) is 39.9 Å². The lowest BCUT2D eigenvalue weighted by molar-refractivity contribution is 0.0706. The molecule has 41 heavy (non-hydrogen) atoms. The van der Waals surface area contributed by atoms with E-state index in [1.807, 2.05) is 47.5 Å². The highest BCUT2D eigenvalue weighted by Crippen LogP contribution is 2.34. The molecule has 1 atom stereocenters. The molecular formula is C33H36ClN3O3S. The molecular weight excluding hydrogens is 554 g/mol. The summed E-state index contributed by atoms with van der Waals surface area (Å²) in [6, 6.07) is 15.4. The Kier molecular flexibility index (Phi) is 9.07. The van der Waals surface area contributed by atoms with Gasteiger partial charge in [0.05, 0.1) is 34.3 Å². The van der Waals surface area contributed by atoms with Crippen LogP contribution in [0.25, 0.3) is 27.5 Å². The standard InChI is InChI=1S/C33H36ClN3O3S/c1-5-22-11-10-12-23(6-2)30(22)37-29(21(3)40-4)26(32(38)36-17-8-7-9-18-36)19-27(33(37)39)31-35-28(20-41-31)24-13-15-25(34)16-14-24/h10-16,19-21H,5-9,17-18H2,1-4H3. The van der Waals surface area contributed by atoms with Crippen molar-refractivity contribution in [3.8, 4) is 27.5 Å². The lowest BCUT2D eigenvalue weighted by Crippen LogP contribution is -2.38. The van der Waals surface area contributed by atoms with Gasteiger partial charge in [-0.3, -0.25) is 14.2 Å². The maximum Gasteiger partial charge on any atom is 0.265 e. The maximum atomic E-state index is 14.6. The number of aryl methyl sites for hydroxylation is 2. The Labute approximate surface area is 250 Å². The summed E-state index contributed by atoms with van der Waals surface area (Å²) in [5.74, 6) is -0.0693. The molecule has 0 bridgehead atoms. The molecule has 2 aromatic heterocycles. The van der Waals surface area contributed by atoms with Crippen LogP contribution < -0.4 is 5.56 Å². The molecule has 0 saturated carbocycles. The number of nitrogens with zero attached hydrogens (tertiary/aromatic N) is 3. The van der Waals surface area contributed by atoms with Gasteiger partial charge in [0.1, 0.15) is 5.01 Å². The van der Waals surface area contributed by atoms with Crippen molar-refractivity contribution in [2.45, 2.75) is 59.0 Å². The van der Waals surface area contributed by atoms with Crippen molar-refractivity contribution < 1.29 is 9.53 Å². The number of thiazole rings is 1. The number of aromatic nitrogens is 2. The molecule has 0 radical (unpaired) electrons. The van der Waals surface area contributed by atoms with Crippen LogP contribution in [0.5, 0.6) is 0 Å². The van der Waals surface area contributed by atoms with E-state index in [0.717, 1.165) is 60.2 Å². The van der Waals surface area contributed by atoms with E-state index in [1.54, 1.807) is 17.7 Å². The van der Waals surface area contributed by atoms with Gasteiger partial charge in [0, 0.05) is 36.2 Å². The van der Waals surface area contributed by atoms with Gasteiger partial charge in [-0.25, -0.2) is 4.98 Å². The average Bonchev–Trinajstić information content (AvgIpc) is 3.50. The van der Waals surface area contributed by atoms with Gasteiger partial charge in [0.25, 0.3) is 11.5 Å². The molecule has 4 aromatic rings. The van der Waals surface area contributed by atoms with Crippen LogP contribution >= 0.6 is 22.9 Å². The number of methoxy groups -OCH3 is 1. The molecule has 1 saturated heterocycles. The van der Waals surface area contributed by atoms with Crippen LogP contribution in [0.2, 0.25) is 5.02 Å². The first-order chi connectivity index (χ1) is 19.9. The summed E-state index contributed by atoms with van der Waals surface area (Å²) in [6.45, 7) is 7.49. The lowest BCUT2D eigenvalue weighted by atomic mass is 9.98. The summed E-state index contributed by atoms with van der Waals surface area (Å²) >= 11 is 7.50. The average molecular weight is 590 g/mol. The van der Waals surface area contributed by atoms with Gasteiger partial charge in [-0.15, -0.1) is 11.3 Å². The number of piperidine rings is 1. The van der Waals surface area contributed by atoms with Crippen LogP contribution in [0, 0.1) is 0 Å². The second-order valence-corrected chi connectivity index (χ2v) is 11.7. The molecule has 8 heteroatoms. The van der Waals surface area contributed by atoms with Crippen molar-refractivity contribution in [1.29, 1.82) is 0 Å². The third-order valence-corrected chi connectivity index (χ3v) is 9.04. The summed E-state index contributed by atoms with van der Waals surface area (Å²) in [5.41, 5.74) is 5.89. The summed E-state index contributed by atoms with van der Waals surface area (Å²) < 4.78 is 7.59. The van der Waals surface area contributed by atoms with E-state index < -0.39 is 6.10 Å². The first kappa shape index (κ1) is 29.2. The molecule has 5 rings (SSSR count). The van der Waals surface area contributed by atoms with Crippen molar-refractivity contribution in [2.75, 3.05) is 20.2 Å². The van der Waals surface area contributed by atoms with Crippen LogP contribution in [0.3, 0.4) is 0 Å². The molecule has 3 heterocycles. The number of ether oxygens (including phenoxy) is 1. The number of benzene rings is 2. The molecule has 0 spiro atoms. The van der Waals surface area contributed by atoms with E-state index in [1.165, 1.54) is 11.3 Å². The maximum absolute atomic E-state index is 14.6. The van der Waals surface area contributed by atoms with Crippen LogP contribution in [0.4, 0.5) is 0 Å². The number of carbonyl (C=O) groups is 1. The minimum Gasteiger partial charge on any atom is -0.375 e. The molecule has 0 N–H and O–H groups in total. The molecule has 1 aliphatic heterocycles. The van der Waals surface area contributed by atoms with E-state index >= 15 is 0 Å². The van der Waals surface area contributed by atoms with Gasteiger partial charge >= 0.3 is 0 Å². The fraction of sp³-hybridized carbons (Fsp3) is 0.364. The van der Waals surface area contributed by atoms with Gasteiger partial charge in [-0.2, -0.15) is 0 Å². The van der Waals surface area contributed by atoms with Gasteiger partial charge < -0.3 is 9.64 Å². The van der Waals surface area contributed by atoms with Crippen molar-refractivity contribution >= 4 is 28.8 Å². The minimum absolute atomic E-state index is 0.0693. The van der Waals surface area contributed by atoms with Crippen molar-refractivity contribution in [2.24, 2.45) is 0 Å². The zero-order valence-electron chi connectivity index (χ0n) is 24.1. The lowest BCUT2D eigenvalue weighted by Gasteiger charge is -2.30. The number of carbonyl (C=O) groups excluding carboxylic acids is 1. The topological polar surface area (TPSA) is 64.4 Å². The molecule has 1 fully saturated rings. The van der Waals surface area contributed by atoms with Crippen LogP contribution in [-0.2, 0) is 17.6 Å². The van der Waals surface area contributed by atoms with Crippen LogP contribution in [0.15, 0.2) is 58.7 Å². The Morgan fingerprint density at radius 3 is 2.32 bits per heavy atom. The third-order valence-electron chi connectivity index (χ3n) is 7.91. The number of rotatable bonds is 8. The minimum atomic E-state index is -0.490. The van der Waals surface area contributed by atoms with E-state index in [9.17, 15) is 9.59 Å². The van der Waals surface area contributed by atoms with Gasteiger partial charge in [0.15, 0.2) is 0 Å². The third kappa shape index (κ3) is 5.76. The normalized spacial score (nSPS) is 14.3. The highest BCUT2D eigenvalue weighted by atomic mass is 35.5. The first-order valence-corrected chi connectivity index (χ1v) is 15.6. The van der Waals surface area contributed by atoms with Crippen molar-refractivity contribution in [3.63, 3.8) is 0 Å². The predicted octanol–water partition coefficient (Wildman–Crippen LogP) is 7.74.